The molecule has 1 fully saturated rings. The third kappa shape index (κ3) is 5.43. The van der Waals surface area contributed by atoms with Crippen LogP contribution in [0.1, 0.15) is 44.1 Å². The summed E-state index contributed by atoms with van der Waals surface area (Å²) in [5.74, 6) is 1.55. The zero-order chi connectivity index (χ0) is 15.8. The van der Waals surface area contributed by atoms with Gasteiger partial charge in [0.15, 0.2) is 0 Å². The van der Waals surface area contributed by atoms with Gasteiger partial charge in [-0.3, -0.25) is 0 Å². The summed E-state index contributed by atoms with van der Waals surface area (Å²) in [6.45, 7) is 5.19. The fraction of sp³-hybridized carbons (Fsp3) is 0.500. The number of rotatable bonds is 7. The van der Waals surface area contributed by atoms with Gasteiger partial charge in [0.05, 0.1) is 6.61 Å². The van der Waals surface area contributed by atoms with Crippen molar-refractivity contribution in [1.82, 2.24) is 5.32 Å². The summed E-state index contributed by atoms with van der Waals surface area (Å²) < 4.78 is 5.93. The normalized spacial score (nSPS) is 15.3. The first-order valence-electron chi connectivity index (χ1n) is 8.03. The van der Waals surface area contributed by atoms with E-state index in [-0.39, 0.29) is 0 Å². The van der Waals surface area contributed by atoms with Crippen LogP contribution in [-0.2, 0) is 0 Å². The minimum Gasteiger partial charge on any atom is -0.493 e. The van der Waals surface area contributed by atoms with E-state index in [1.54, 1.807) is 0 Å². The molecule has 1 aliphatic rings. The minimum absolute atomic E-state index is 0.376. The molecule has 0 aliphatic heterocycles. The Morgan fingerprint density at radius 1 is 1.32 bits per heavy atom. The Morgan fingerprint density at radius 3 is 2.82 bits per heavy atom. The molecule has 4 nitrogen and oxygen atoms in total. The second-order valence-corrected chi connectivity index (χ2v) is 5.93. The van der Waals surface area contributed by atoms with Gasteiger partial charge in [-0.05, 0) is 48.4 Å². The highest BCUT2D eigenvalue weighted by molar-refractivity contribution is 5.67. The lowest BCUT2D eigenvalue weighted by Gasteiger charge is -2.21. The molecule has 0 saturated heterocycles. The molecule has 4 heteroatoms. The molecule has 1 amide bonds. The van der Waals surface area contributed by atoms with Crippen LogP contribution in [0.4, 0.5) is 4.79 Å². The Balaban J connectivity index is 1.83. The van der Waals surface area contributed by atoms with Gasteiger partial charge in [-0.25, -0.2) is 4.79 Å². The monoisotopic (exact) mass is 303 g/mol. The van der Waals surface area contributed by atoms with Gasteiger partial charge in [0.1, 0.15) is 5.75 Å². The first kappa shape index (κ1) is 16.4. The van der Waals surface area contributed by atoms with Crippen LogP contribution >= 0.6 is 0 Å². The van der Waals surface area contributed by atoms with Crippen molar-refractivity contribution in [2.45, 2.75) is 38.5 Å². The topological polar surface area (TPSA) is 58.6 Å². The molecular formula is C18H25NO3. The van der Waals surface area contributed by atoms with Crippen LogP contribution in [0.15, 0.2) is 30.8 Å². The second kappa shape index (κ2) is 8.47. The van der Waals surface area contributed by atoms with Crippen LogP contribution in [0.25, 0.3) is 5.57 Å². The molecule has 1 aliphatic carbocycles. The molecular weight excluding hydrogens is 278 g/mol. The lowest BCUT2D eigenvalue weighted by Crippen LogP contribution is -2.21. The molecule has 0 spiro atoms. The van der Waals surface area contributed by atoms with Crippen LogP contribution in [0.3, 0.4) is 0 Å². The average molecular weight is 303 g/mol. The van der Waals surface area contributed by atoms with Crippen LogP contribution in [-0.4, -0.2) is 24.4 Å². The van der Waals surface area contributed by atoms with Gasteiger partial charge in [-0.1, -0.05) is 38.0 Å². The molecule has 2 N–H and O–H groups in total. The van der Waals surface area contributed by atoms with Crippen molar-refractivity contribution in [3.63, 3.8) is 0 Å². The van der Waals surface area contributed by atoms with E-state index in [1.165, 1.54) is 32.1 Å². The first-order valence-corrected chi connectivity index (χ1v) is 8.03. The van der Waals surface area contributed by atoms with Crippen molar-refractivity contribution >= 4 is 11.7 Å². The van der Waals surface area contributed by atoms with Crippen molar-refractivity contribution in [1.29, 1.82) is 0 Å². The van der Waals surface area contributed by atoms with E-state index in [2.05, 4.69) is 11.9 Å². The minimum atomic E-state index is -1.00. The van der Waals surface area contributed by atoms with Crippen LogP contribution < -0.4 is 10.1 Å². The fourth-order valence-corrected chi connectivity index (χ4v) is 2.84. The SMILES string of the molecule is C=C(CCNC(=O)O)c1cccc(OCC2CCCCC2)c1. The largest absolute Gasteiger partial charge is 0.493 e. The number of amides is 1. The van der Waals surface area contributed by atoms with Gasteiger partial charge >= 0.3 is 6.09 Å². The van der Waals surface area contributed by atoms with Gasteiger partial charge in [-0.2, -0.15) is 0 Å². The van der Waals surface area contributed by atoms with Crippen molar-refractivity contribution in [3.8, 4) is 5.75 Å². The van der Waals surface area contributed by atoms with Gasteiger partial charge in [-0.15, -0.1) is 0 Å². The summed E-state index contributed by atoms with van der Waals surface area (Å²) >= 11 is 0. The Bertz CT molecular complexity index is 507. The van der Waals surface area contributed by atoms with Crippen LogP contribution in [0, 0.1) is 5.92 Å². The third-order valence-corrected chi connectivity index (χ3v) is 4.16. The zero-order valence-corrected chi connectivity index (χ0v) is 13.0. The Morgan fingerprint density at radius 2 is 2.09 bits per heavy atom. The highest BCUT2D eigenvalue weighted by atomic mass is 16.5. The maximum atomic E-state index is 10.4. The molecule has 22 heavy (non-hydrogen) atoms. The predicted octanol–water partition coefficient (Wildman–Crippen LogP) is 4.32. The lowest BCUT2D eigenvalue weighted by molar-refractivity contribution is 0.195. The maximum absolute atomic E-state index is 10.4. The number of hydrogen-bond donors (Lipinski definition) is 2. The number of nitrogens with one attached hydrogen (secondary N) is 1. The summed E-state index contributed by atoms with van der Waals surface area (Å²) in [4.78, 5) is 10.4. The molecule has 0 heterocycles. The van der Waals surface area contributed by atoms with E-state index >= 15 is 0 Å². The van der Waals surface area contributed by atoms with Gasteiger partial charge in [0, 0.05) is 6.54 Å². The number of benzene rings is 1. The molecule has 0 aromatic heterocycles. The van der Waals surface area contributed by atoms with E-state index in [0.29, 0.717) is 18.9 Å². The molecule has 0 radical (unpaired) electrons. The molecule has 1 saturated carbocycles. The zero-order valence-electron chi connectivity index (χ0n) is 13.0. The van der Waals surface area contributed by atoms with Crippen molar-refractivity contribution < 1.29 is 14.6 Å². The van der Waals surface area contributed by atoms with E-state index in [0.717, 1.165) is 23.5 Å². The molecule has 2 rings (SSSR count). The number of hydrogen-bond acceptors (Lipinski definition) is 2. The molecule has 1 aromatic rings. The van der Waals surface area contributed by atoms with Gasteiger partial charge < -0.3 is 15.2 Å². The van der Waals surface area contributed by atoms with Crippen LogP contribution in [0.2, 0.25) is 0 Å². The fourth-order valence-electron chi connectivity index (χ4n) is 2.84. The third-order valence-electron chi connectivity index (χ3n) is 4.16. The quantitative estimate of drug-likeness (QED) is 0.789. The molecule has 120 valence electrons. The standard InChI is InChI=1S/C18H25NO3/c1-14(10-11-19-18(20)21)16-8-5-9-17(12-16)22-13-15-6-3-2-4-7-15/h5,8-9,12,15,19H,1-4,6-7,10-11,13H2,(H,20,21). The smallest absolute Gasteiger partial charge is 0.404 e. The summed E-state index contributed by atoms with van der Waals surface area (Å²) in [7, 11) is 0. The van der Waals surface area contributed by atoms with Crippen molar-refractivity contribution in [2.75, 3.05) is 13.2 Å². The molecule has 1 aromatic carbocycles. The Labute approximate surface area is 132 Å². The average Bonchev–Trinajstić information content (AvgIpc) is 2.54. The summed E-state index contributed by atoms with van der Waals surface area (Å²) in [5.41, 5.74) is 1.92. The number of carbonyl (C=O) groups is 1. The summed E-state index contributed by atoms with van der Waals surface area (Å²) in [5, 5.41) is 10.9. The summed E-state index contributed by atoms with van der Waals surface area (Å²) in [6.07, 6.45) is 6.13. The molecule has 0 atom stereocenters. The van der Waals surface area contributed by atoms with E-state index < -0.39 is 6.09 Å². The Kier molecular flexibility index (Phi) is 6.31. The molecule has 0 bridgehead atoms. The predicted molar refractivity (Wildman–Crippen MR) is 88.2 cm³/mol. The highest BCUT2D eigenvalue weighted by Gasteiger charge is 2.14. The van der Waals surface area contributed by atoms with E-state index in [9.17, 15) is 4.79 Å². The van der Waals surface area contributed by atoms with Gasteiger partial charge in [0.25, 0.3) is 0 Å². The lowest BCUT2D eigenvalue weighted by atomic mass is 9.90. The first-order chi connectivity index (χ1) is 10.6. The van der Waals surface area contributed by atoms with E-state index in [4.69, 9.17) is 9.84 Å². The van der Waals surface area contributed by atoms with E-state index in [1.807, 2.05) is 24.3 Å². The van der Waals surface area contributed by atoms with Crippen molar-refractivity contribution in [3.05, 3.63) is 36.4 Å². The number of carboxylic acid groups (broad SMARTS) is 1. The molecule has 0 unspecified atom stereocenters. The van der Waals surface area contributed by atoms with Crippen LogP contribution in [0.5, 0.6) is 5.75 Å². The van der Waals surface area contributed by atoms with Crippen molar-refractivity contribution in [2.24, 2.45) is 5.92 Å². The maximum Gasteiger partial charge on any atom is 0.404 e. The highest BCUT2D eigenvalue weighted by Crippen LogP contribution is 2.26. The number of ether oxygens (including phenoxy) is 1. The van der Waals surface area contributed by atoms with Gasteiger partial charge in [0.2, 0.25) is 0 Å². The summed E-state index contributed by atoms with van der Waals surface area (Å²) in [6, 6.07) is 7.90. The Hall–Kier alpha value is -1.97. The second-order valence-electron chi connectivity index (χ2n) is 5.93.